The minimum atomic E-state index is -0.222. The van der Waals surface area contributed by atoms with Crippen molar-refractivity contribution >= 4 is 5.91 Å². The third kappa shape index (κ3) is 3.09. The fourth-order valence-corrected chi connectivity index (χ4v) is 6.62. The molecule has 5 fully saturated rings. The second kappa shape index (κ2) is 6.37. The van der Waals surface area contributed by atoms with Crippen LogP contribution >= 0.6 is 0 Å². The Kier molecular flexibility index (Phi) is 4.11. The molecule has 5 saturated carbocycles. The third-order valence-electron chi connectivity index (χ3n) is 7.74. The Bertz CT molecular complexity index is 631. The smallest absolute Gasteiger partial charge is 0.241 e. The van der Waals surface area contributed by atoms with Gasteiger partial charge in [0.2, 0.25) is 5.91 Å². The number of benzene rings is 1. The van der Waals surface area contributed by atoms with Gasteiger partial charge < -0.3 is 5.32 Å². The Hall–Kier alpha value is -1.35. The van der Waals surface area contributed by atoms with Crippen LogP contribution in [0, 0.1) is 23.2 Å². The highest BCUT2D eigenvalue weighted by Gasteiger charge is 2.53. The van der Waals surface area contributed by atoms with Gasteiger partial charge >= 0.3 is 0 Å². The molecule has 0 unspecified atom stereocenters. The van der Waals surface area contributed by atoms with Gasteiger partial charge in [-0.05, 0) is 87.0 Å². The number of hydrogen-bond acceptors (Lipinski definition) is 2. The first-order chi connectivity index (χ1) is 12.6. The Balaban J connectivity index is 1.36. The van der Waals surface area contributed by atoms with Crippen LogP contribution in [-0.2, 0) is 4.79 Å². The van der Waals surface area contributed by atoms with Crippen molar-refractivity contribution in [2.75, 3.05) is 0 Å². The van der Waals surface area contributed by atoms with Gasteiger partial charge in [-0.25, -0.2) is 0 Å². The van der Waals surface area contributed by atoms with Crippen LogP contribution < -0.4 is 10.6 Å². The molecule has 0 aliphatic heterocycles. The highest BCUT2D eigenvalue weighted by atomic mass is 16.2. The van der Waals surface area contributed by atoms with E-state index in [4.69, 9.17) is 0 Å². The quantitative estimate of drug-likeness (QED) is 0.805. The van der Waals surface area contributed by atoms with Crippen LogP contribution in [0.5, 0.6) is 0 Å². The maximum absolute atomic E-state index is 13.0. The zero-order valence-corrected chi connectivity index (χ0v) is 15.9. The predicted octanol–water partition coefficient (Wildman–Crippen LogP) is 4.20. The molecule has 3 nitrogen and oxygen atoms in total. The molecule has 0 saturated heterocycles. The summed E-state index contributed by atoms with van der Waals surface area (Å²) in [5.74, 6) is 3.00. The first-order valence-corrected chi connectivity index (χ1v) is 10.7. The lowest BCUT2D eigenvalue weighted by molar-refractivity contribution is -0.124. The van der Waals surface area contributed by atoms with Gasteiger partial charge in [0.15, 0.2) is 0 Å². The van der Waals surface area contributed by atoms with Gasteiger partial charge in [0.25, 0.3) is 0 Å². The maximum Gasteiger partial charge on any atom is 0.241 e. The van der Waals surface area contributed by atoms with E-state index in [-0.39, 0.29) is 11.9 Å². The minimum Gasteiger partial charge on any atom is -0.352 e. The van der Waals surface area contributed by atoms with Gasteiger partial charge in [0, 0.05) is 12.1 Å². The molecule has 1 aromatic rings. The molecule has 1 amide bonds. The molecule has 0 heterocycles. The van der Waals surface area contributed by atoms with Gasteiger partial charge in [0.1, 0.15) is 6.04 Å². The molecule has 0 radical (unpaired) electrons. The fourth-order valence-electron chi connectivity index (χ4n) is 6.62. The zero-order valence-electron chi connectivity index (χ0n) is 15.9. The molecule has 5 aliphatic rings. The first kappa shape index (κ1) is 16.8. The van der Waals surface area contributed by atoms with E-state index < -0.39 is 0 Å². The molecule has 1 aromatic carbocycles. The average molecular weight is 353 g/mol. The van der Waals surface area contributed by atoms with Crippen molar-refractivity contribution in [2.45, 2.75) is 76.4 Å². The molecule has 140 valence electrons. The van der Waals surface area contributed by atoms with Gasteiger partial charge in [-0.3, -0.25) is 10.1 Å². The second-order valence-corrected chi connectivity index (χ2v) is 9.79. The van der Waals surface area contributed by atoms with E-state index in [0.717, 1.165) is 36.2 Å². The molecule has 2 N–H and O–H groups in total. The van der Waals surface area contributed by atoms with Gasteiger partial charge in [0.05, 0.1) is 0 Å². The van der Waals surface area contributed by atoms with E-state index in [1.54, 1.807) is 0 Å². The maximum atomic E-state index is 13.0. The molecule has 0 spiro atoms. The Morgan fingerprint density at radius 2 is 1.58 bits per heavy atom. The van der Waals surface area contributed by atoms with E-state index in [2.05, 4.69) is 29.7 Å². The number of amides is 1. The van der Waals surface area contributed by atoms with Crippen molar-refractivity contribution in [1.29, 1.82) is 0 Å². The van der Waals surface area contributed by atoms with Crippen LogP contribution in [0.2, 0.25) is 0 Å². The van der Waals surface area contributed by atoms with E-state index in [0.29, 0.717) is 17.5 Å². The van der Waals surface area contributed by atoms with Crippen LogP contribution in [0.4, 0.5) is 0 Å². The minimum absolute atomic E-state index is 0.162. The number of carbonyl (C=O) groups excluding carboxylic acids is 1. The zero-order chi connectivity index (χ0) is 17.7. The summed E-state index contributed by atoms with van der Waals surface area (Å²) >= 11 is 0. The lowest BCUT2D eigenvalue weighted by atomic mass is 9.48. The second-order valence-electron chi connectivity index (χ2n) is 9.79. The average Bonchev–Trinajstić information content (AvgIpc) is 3.43. The highest BCUT2D eigenvalue weighted by molar-refractivity contribution is 5.83. The molecule has 4 bridgehead atoms. The first-order valence-electron chi connectivity index (χ1n) is 10.7. The number of carbonyl (C=O) groups is 1. The lowest BCUT2D eigenvalue weighted by Gasteiger charge is -2.59. The normalized spacial score (nSPS) is 37.3. The molecule has 3 heteroatoms. The highest BCUT2D eigenvalue weighted by Crippen LogP contribution is 2.61. The van der Waals surface area contributed by atoms with Crippen LogP contribution in [0.15, 0.2) is 30.3 Å². The number of hydrogen-bond donors (Lipinski definition) is 2. The summed E-state index contributed by atoms with van der Waals surface area (Å²) in [4.78, 5) is 13.0. The number of rotatable bonds is 6. The predicted molar refractivity (Wildman–Crippen MR) is 104 cm³/mol. The van der Waals surface area contributed by atoms with Crippen molar-refractivity contribution in [3.8, 4) is 0 Å². The molecule has 2 atom stereocenters. The van der Waals surface area contributed by atoms with Gasteiger partial charge in [-0.2, -0.15) is 0 Å². The van der Waals surface area contributed by atoms with E-state index in [1.165, 1.54) is 38.5 Å². The molecule has 6 rings (SSSR count). The number of nitrogens with one attached hydrogen (secondary N) is 2. The topological polar surface area (TPSA) is 41.1 Å². The summed E-state index contributed by atoms with van der Waals surface area (Å²) in [7, 11) is 0. The van der Waals surface area contributed by atoms with Crippen molar-refractivity contribution in [2.24, 2.45) is 23.2 Å². The van der Waals surface area contributed by atoms with E-state index in [1.807, 2.05) is 18.2 Å². The fraction of sp³-hybridized carbons (Fsp3) is 0.696. The summed E-state index contributed by atoms with van der Waals surface area (Å²) in [6, 6.07) is 10.9. The Labute approximate surface area is 157 Å². The third-order valence-corrected chi connectivity index (χ3v) is 7.74. The standard InChI is InChI=1S/C23H32N2O/c1-15(23-12-16-9-17(13-23)11-18(10-16)14-23)24-21(19-5-3-2-4-6-19)22(26)25-20-7-8-20/h2-6,15-18,20-21,24H,7-14H2,1H3,(H,25,26)/t15-,16?,17?,18?,21+,23?/m1/s1. The van der Waals surface area contributed by atoms with Crippen molar-refractivity contribution in [3.63, 3.8) is 0 Å². The lowest BCUT2D eigenvalue weighted by Crippen LogP contribution is -2.56. The molecule has 0 aromatic heterocycles. The van der Waals surface area contributed by atoms with Crippen LogP contribution in [0.25, 0.3) is 0 Å². The van der Waals surface area contributed by atoms with Crippen LogP contribution in [0.3, 0.4) is 0 Å². The van der Waals surface area contributed by atoms with Gasteiger partial charge in [-0.15, -0.1) is 0 Å². The van der Waals surface area contributed by atoms with Gasteiger partial charge in [-0.1, -0.05) is 30.3 Å². The Morgan fingerprint density at radius 3 is 2.12 bits per heavy atom. The summed E-state index contributed by atoms with van der Waals surface area (Å²) in [6.45, 7) is 2.35. The van der Waals surface area contributed by atoms with Crippen LogP contribution in [-0.4, -0.2) is 18.0 Å². The molecular formula is C23H32N2O. The Morgan fingerprint density at radius 1 is 1.00 bits per heavy atom. The van der Waals surface area contributed by atoms with Crippen LogP contribution in [0.1, 0.15) is 69.9 Å². The summed E-state index contributed by atoms with van der Waals surface area (Å²) in [6.07, 6.45) is 10.8. The SMILES string of the molecule is C[C@@H](N[C@H](C(=O)NC1CC1)c1ccccc1)C12CC3CC(CC(C3)C1)C2. The molecule has 5 aliphatic carbocycles. The summed E-state index contributed by atoms with van der Waals surface area (Å²) in [5, 5.41) is 7.04. The summed E-state index contributed by atoms with van der Waals surface area (Å²) < 4.78 is 0. The summed E-state index contributed by atoms with van der Waals surface area (Å²) in [5.41, 5.74) is 1.52. The van der Waals surface area contributed by atoms with Crippen molar-refractivity contribution < 1.29 is 4.79 Å². The molecule has 26 heavy (non-hydrogen) atoms. The van der Waals surface area contributed by atoms with E-state index in [9.17, 15) is 4.79 Å². The van der Waals surface area contributed by atoms with Crippen molar-refractivity contribution in [3.05, 3.63) is 35.9 Å². The molecular weight excluding hydrogens is 320 g/mol. The van der Waals surface area contributed by atoms with Crippen molar-refractivity contribution in [1.82, 2.24) is 10.6 Å². The largest absolute Gasteiger partial charge is 0.352 e. The monoisotopic (exact) mass is 352 g/mol. The van der Waals surface area contributed by atoms with E-state index >= 15 is 0 Å².